The van der Waals surface area contributed by atoms with E-state index in [4.69, 9.17) is 9.47 Å². The third-order valence-corrected chi connectivity index (χ3v) is 6.01. The van der Waals surface area contributed by atoms with Crippen molar-refractivity contribution >= 4 is 21.8 Å². The van der Waals surface area contributed by atoms with Crippen molar-refractivity contribution in [2.75, 3.05) is 27.3 Å². The van der Waals surface area contributed by atoms with Gasteiger partial charge in [-0.3, -0.25) is 4.79 Å². The SMILES string of the molecule is CC(=O)c1c(C)[nH]c(C(=O)OCCOc2ccc(S(=O)(=O)N(C)C)cc2)c1C. The normalized spacial score (nSPS) is 11.5. The summed E-state index contributed by atoms with van der Waals surface area (Å²) in [4.78, 5) is 26.9. The molecule has 0 amide bonds. The Morgan fingerprint density at radius 3 is 2.18 bits per heavy atom. The maximum atomic E-state index is 12.2. The molecule has 0 atom stereocenters. The monoisotopic (exact) mass is 408 g/mol. The summed E-state index contributed by atoms with van der Waals surface area (Å²) < 4.78 is 35.8. The fraction of sp³-hybridized carbons (Fsp3) is 0.368. The van der Waals surface area contributed by atoms with Gasteiger partial charge in [-0.15, -0.1) is 0 Å². The van der Waals surface area contributed by atoms with Crippen LogP contribution < -0.4 is 4.74 Å². The number of rotatable bonds is 8. The number of benzene rings is 1. The molecule has 0 saturated carbocycles. The average molecular weight is 408 g/mol. The first-order valence-corrected chi connectivity index (χ1v) is 10.0. The summed E-state index contributed by atoms with van der Waals surface area (Å²) in [5, 5.41) is 0. The zero-order valence-corrected chi connectivity index (χ0v) is 17.3. The Bertz CT molecular complexity index is 975. The number of carbonyl (C=O) groups excluding carboxylic acids is 2. The van der Waals surface area contributed by atoms with Gasteiger partial charge in [-0.1, -0.05) is 0 Å². The highest BCUT2D eigenvalue weighted by molar-refractivity contribution is 7.89. The van der Waals surface area contributed by atoms with E-state index in [2.05, 4.69) is 4.98 Å². The number of nitrogens with one attached hydrogen (secondary N) is 1. The molecule has 2 aromatic rings. The van der Waals surface area contributed by atoms with Gasteiger partial charge >= 0.3 is 5.97 Å². The zero-order chi connectivity index (χ0) is 21.1. The molecular formula is C19H24N2O6S. The summed E-state index contributed by atoms with van der Waals surface area (Å²) in [5.41, 5.74) is 1.94. The van der Waals surface area contributed by atoms with E-state index in [0.29, 0.717) is 22.6 Å². The molecule has 28 heavy (non-hydrogen) atoms. The van der Waals surface area contributed by atoms with Crippen molar-refractivity contribution < 1.29 is 27.5 Å². The number of aromatic nitrogens is 1. The Morgan fingerprint density at radius 2 is 1.68 bits per heavy atom. The molecule has 0 saturated heterocycles. The Balaban J connectivity index is 1.90. The largest absolute Gasteiger partial charge is 0.490 e. The molecule has 9 heteroatoms. The van der Waals surface area contributed by atoms with Gasteiger partial charge in [-0.2, -0.15) is 0 Å². The number of ether oxygens (including phenoxy) is 2. The standard InChI is InChI=1S/C19H24N2O6S/c1-12-17(14(3)22)13(2)20-18(12)19(23)27-11-10-26-15-6-8-16(9-7-15)28(24,25)21(4)5/h6-9,20H,10-11H2,1-5H3. The van der Waals surface area contributed by atoms with Crippen molar-refractivity contribution in [1.82, 2.24) is 9.29 Å². The van der Waals surface area contributed by atoms with E-state index >= 15 is 0 Å². The first-order valence-electron chi connectivity index (χ1n) is 8.58. The van der Waals surface area contributed by atoms with Crippen LogP contribution in [0.4, 0.5) is 0 Å². The number of nitrogens with zero attached hydrogens (tertiary/aromatic N) is 1. The number of ketones is 1. The van der Waals surface area contributed by atoms with Crippen LogP contribution in [0.1, 0.15) is 39.0 Å². The smallest absolute Gasteiger partial charge is 0.355 e. The first kappa shape index (κ1) is 21.6. The lowest BCUT2D eigenvalue weighted by molar-refractivity contribution is 0.0443. The second-order valence-corrected chi connectivity index (χ2v) is 8.58. The first-order chi connectivity index (χ1) is 13.1. The summed E-state index contributed by atoms with van der Waals surface area (Å²) in [6, 6.07) is 5.97. The zero-order valence-electron chi connectivity index (χ0n) is 16.5. The highest BCUT2D eigenvalue weighted by atomic mass is 32.2. The predicted octanol–water partition coefficient (Wildman–Crippen LogP) is 2.32. The van der Waals surface area contributed by atoms with E-state index in [0.717, 1.165) is 4.31 Å². The van der Waals surface area contributed by atoms with E-state index in [1.54, 1.807) is 13.8 Å². The topological polar surface area (TPSA) is 106 Å². The van der Waals surface area contributed by atoms with Gasteiger partial charge in [0.05, 0.1) is 4.90 Å². The van der Waals surface area contributed by atoms with Crippen LogP contribution in [0.3, 0.4) is 0 Å². The number of esters is 1. The lowest BCUT2D eigenvalue weighted by atomic mass is 10.1. The third kappa shape index (κ3) is 4.60. The number of hydrogen-bond donors (Lipinski definition) is 1. The van der Waals surface area contributed by atoms with E-state index in [-0.39, 0.29) is 29.6 Å². The van der Waals surface area contributed by atoms with E-state index in [1.807, 2.05) is 0 Å². The van der Waals surface area contributed by atoms with Crippen LogP contribution in [0.25, 0.3) is 0 Å². The maximum Gasteiger partial charge on any atom is 0.355 e. The van der Waals surface area contributed by atoms with E-state index < -0.39 is 16.0 Å². The van der Waals surface area contributed by atoms with Gasteiger partial charge in [0, 0.05) is 25.4 Å². The van der Waals surface area contributed by atoms with Crippen LogP contribution in [0.2, 0.25) is 0 Å². The van der Waals surface area contributed by atoms with Gasteiger partial charge in [0.2, 0.25) is 10.0 Å². The number of hydrogen-bond acceptors (Lipinski definition) is 6. The van der Waals surface area contributed by atoms with Crippen molar-refractivity contribution in [3.8, 4) is 5.75 Å². The molecule has 0 aliphatic rings. The highest BCUT2D eigenvalue weighted by Crippen LogP contribution is 2.20. The molecule has 0 aliphatic heterocycles. The fourth-order valence-corrected chi connectivity index (χ4v) is 3.67. The minimum absolute atomic E-state index is 0.00347. The van der Waals surface area contributed by atoms with Crippen molar-refractivity contribution in [3.05, 3.63) is 46.8 Å². The molecule has 0 spiro atoms. The number of sulfonamides is 1. The average Bonchev–Trinajstić information content (AvgIpc) is 2.93. The fourth-order valence-electron chi connectivity index (χ4n) is 2.77. The molecule has 152 valence electrons. The Labute approximate surface area is 164 Å². The maximum absolute atomic E-state index is 12.2. The Hall–Kier alpha value is -2.65. The molecule has 1 aromatic carbocycles. The summed E-state index contributed by atoms with van der Waals surface area (Å²) >= 11 is 0. The van der Waals surface area contributed by atoms with Crippen LogP contribution in [0.15, 0.2) is 29.2 Å². The van der Waals surface area contributed by atoms with Crippen molar-refractivity contribution in [2.45, 2.75) is 25.7 Å². The van der Waals surface area contributed by atoms with Gasteiger partial charge in [-0.25, -0.2) is 17.5 Å². The number of Topliss-reactive ketones (excluding diaryl/α,β-unsaturated/α-hetero) is 1. The van der Waals surface area contributed by atoms with Gasteiger partial charge in [-0.05, 0) is 50.6 Å². The van der Waals surface area contributed by atoms with E-state index in [9.17, 15) is 18.0 Å². The van der Waals surface area contributed by atoms with Gasteiger partial charge in [0.15, 0.2) is 5.78 Å². The van der Waals surface area contributed by atoms with Crippen LogP contribution >= 0.6 is 0 Å². The molecule has 1 N–H and O–H groups in total. The van der Waals surface area contributed by atoms with Crippen LogP contribution in [0.5, 0.6) is 5.75 Å². The lowest BCUT2D eigenvalue weighted by Gasteiger charge is -2.12. The van der Waals surface area contributed by atoms with Crippen LogP contribution in [-0.4, -0.2) is 56.8 Å². The van der Waals surface area contributed by atoms with Gasteiger partial charge in [0.25, 0.3) is 0 Å². The van der Waals surface area contributed by atoms with E-state index in [1.165, 1.54) is 45.3 Å². The minimum Gasteiger partial charge on any atom is -0.490 e. The molecule has 0 fully saturated rings. The molecule has 0 bridgehead atoms. The van der Waals surface area contributed by atoms with Gasteiger partial charge < -0.3 is 14.5 Å². The molecular weight excluding hydrogens is 384 g/mol. The third-order valence-electron chi connectivity index (χ3n) is 4.18. The number of H-pyrrole nitrogens is 1. The molecule has 1 aromatic heterocycles. The number of carbonyl (C=O) groups is 2. The minimum atomic E-state index is -3.49. The summed E-state index contributed by atoms with van der Waals surface area (Å²) in [5.74, 6) is -0.225. The second kappa shape index (κ2) is 8.57. The van der Waals surface area contributed by atoms with Crippen molar-refractivity contribution in [2.24, 2.45) is 0 Å². The quantitative estimate of drug-likeness (QED) is 0.408. The summed E-state index contributed by atoms with van der Waals surface area (Å²) in [6.45, 7) is 4.97. The number of aromatic amines is 1. The van der Waals surface area contributed by atoms with Crippen LogP contribution in [-0.2, 0) is 14.8 Å². The molecule has 0 radical (unpaired) electrons. The Kier molecular flexibility index (Phi) is 6.63. The van der Waals surface area contributed by atoms with Gasteiger partial charge in [0.1, 0.15) is 24.7 Å². The highest BCUT2D eigenvalue weighted by Gasteiger charge is 2.21. The second-order valence-electron chi connectivity index (χ2n) is 6.42. The molecule has 8 nitrogen and oxygen atoms in total. The lowest BCUT2D eigenvalue weighted by Crippen LogP contribution is -2.22. The summed E-state index contributed by atoms with van der Waals surface area (Å²) in [6.07, 6.45) is 0. The molecule has 0 aliphatic carbocycles. The molecule has 2 rings (SSSR count). The predicted molar refractivity (Wildman–Crippen MR) is 103 cm³/mol. The van der Waals surface area contributed by atoms with Crippen molar-refractivity contribution in [3.63, 3.8) is 0 Å². The Morgan fingerprint density at radius 1 is 1.07 bits per heavy atom. The van der Waals surface area contributed by atoms with Crippen LogP contribution in [0, 0.1) is 13.8 Å². The molecule has 0 unspecified atom stereocenters. The van der Waals surface area contributed by atoms with Crippen molar-refractivity contribution in [1.29, 1.82) is 0 Å². The molecule has 1 heterocycles. The number of aryl methyl sites for hydroxylation is 1. The summed E-state index contributed by atoms with van der Waals surface area (Å²) in [7, 11) is -0.573.